The standard InChI is InChI=1S/C19H18ClF2N3O3/c20-12-2-1-11(13(21)7-12)9-28-15-14(22)8-24-16(25-15)19(17(26)27)10-18(19)3-5-23-6-4-18/h1-2,7-8,23H,3-6,9-10H2,(H,26,27). The number of carboxylic acid groups (broad SMARTS) is 1. The number of nitrogens with zero attached hydrogens (tertiary/aromatic N) is 2. The average Bonchev–Trinajstić information content (AvgIpc) is 3.31. The molecule has 4 rings (SSSR count). The summed E-state index contributed by atoms with van der Waals surface area (Å²) < 4.78 is 33.4. The summed E-state index contributed by atoms with van der Waals surface area (Å²) in [5.74, 6) is -2.79. The maximum Gasteiger partial charge on any atom is 0.318 e. The van der Waals surface area contributed by atoms with E-state index in [0.29, 0.717) is 19.3 Å². The van der Waals surface area contributed by atoms with Crippen molar-refractivity contribution in [1.82, 2.24) is 15.3 Å². The molecule has 0 bridgehead atoms. The summed E-state index contributed by atoms with van der Waals surface area (Å²) in [7, 11) is 0. The van der Waals surface area contributed by atoms with Crippen molar-refractivity contribution >= 4 is 17.6 Å². The number of rotatable bonds is 5. The Morgan fingerprint density at radius 1 is 1.29 bits per heavy atom. The first-order chi connectivity index (χ1) is 13.4. The number of aliphatic carboxylic acids is 1. The van der Waals surface area contributed by atoms with E-state index in [1.165, 1.54) is 12.1 Å². The third-order valence-corrected chi connectivity index (χ3v) is 6.02. The summed E-state index contributed by atoms with van der Waals surface area (Å²) in [6, 6.07) is 4.06. The van der Waals surface area contributed by atoms with Gasteiger partial charge in [-0.05, 0) is 49.9 Å². The normalized spacial score (nSPS) is 22.8. The molecule has 2 heterocycles. The molecule has 1 aromatic heterocycles. The van der Waals surface area contributed by atoms with Crippen LogP contribution in [0.4, 0.5) is 8.78 Å². The summed E-state index contributed by atoms with van der Waals surface area (Å²) in [5.41, 5.74) is -1.49. The molecule has 2 N–H and O–H groups in total. The van der Waals surface area contributed by atoms with Crippen LogP contribution in [-0.4, -0.2) is 34.1 Å². The summed E-state index contributed by atoms with van der Waals surface area (Å²) in [6.45, 7) is 1.16. The first kappa shape index (κ1) is 19.0. The van der Waals surface area contributed by atoms with E-state index in [4.69, 9.17) is 16.3 Å². The van der Waals surface area contributed by atoms with Crippen molar-refractivity contribution < 1.29 is 23.4 Å². The predicted molar refractivity (Wildman–Crippen MR) is 96.2 cm³/mol. The van der Waals surface area contributed by atoms with Gasteiger partial charge < -0.3 is 15.2 Å². The van der Waals surface area contributed by atoms with Crippen molar-refractivity contribution in [2.24, 2.45) is 5.41 Å². The Morgan fingerprint density at radius 2 is 2.04 bits per heavy atom. The van der Waals surface area contributed by atoms with Crippen molar-refractivity contribution in [2.75, 3.05) is 13.1 Å². The highest BCUT2D eigenvalue weighted by Gasteiger charge is 2.74. The molecule has 1 aliphatic heterocycles. The molecule has 0 amide bonds. The predicted octanol–water partition coefficient (Wildman–Crippen LogP) is 3.08. The third kappa shape index (κ3) is 3.00. The number of hydrogen-bond donors (Lipinski definition) is 2. The van der Waals surface area contributed by atoms with E-state index < -0.39 is 34.3 Å². The van der Waals surface area contributed by atoms with Crippen molar-refractivity contribution in [2.45, 2.75) is 31.3 Å². The maximum absolute atomic E-state index is 14.2. The Morgan fingerprint density at radius 3 is 2.71 bits per heavy atom. The minimum absolute atomic E-state index is 0.0369. The van der Waals surface area contributed by atoms with Crippen molar-refractivity contribution in [1.29, 1.82) is 0 Å². The van der Waals surface area contributed by atoms with Gasteiger partial charge in [-0.3, -0.25) is 4.79 Å². The topological polar surface area (TPSA) is 84.3 Å². The lowest BCUT2D eigenvalue weighted by Crippen LogP contribution is -2.37. The zero-order chi connectivity index (χ0) is 19.9. The molecule has 6 nitrogen and oxygen atoms in total. The second kappa shape index (κ2) is 6.93. The number of halogens is 3. The van der Waals surface area contributed by atoms with Gasteiger partial charge in [-0.1, -0.05) is 17.7 Å². The van der Waals surface area contributed by atoms with Crippen LogP contribution in [0.2, 0.25) is 5.02 Å². The van der Waals surface area contributed by atoms with Crippen molar-refractivity contribution in [3.8, 4) is 5.88 Å². The minimum atomic E-state index is -1.24. The van der Waals surface area contributed by atoms with E-state index >= 15 is 0 Å². The second-order valence-corrected chi connectivity index (χ2v) is 7.73. The molecule has 1 spiro atoms. The number of carbonyl (C=O) groups is 1. The fraction of sp³-hybridized carbons (Fsp3) is 0.421. The van der Waals surface area contributed by atoms with Crippen molar-refractivity contribution in [3.63, 3.8) is 0 Å². The molecular formula is C19H18ClF2N3O3. The molecule has 2 aliphatic rings. The van der Waals surface area contributed by atoms with Crippen molar-refractivity contribution in [3.05, 3.63) is 52.4 Å². The molecule has 148 valence electrons. The van der Waals surface area contributed by atoms with Gasteiger partial charge in [0.1, 0.15) is 23.7 Å². The van der Waals surface area contributed by atoms with Gasteiger partial charge in [0.2, 0.25) is 5.82 Å². The molecule has 1 atom stereocenters. The second-order valence-electron chi connectivity index (χ2n) is 7.29. The number of carboxylic acids is 1. The number of aromatic nitrogens is 2. The van der Waals surface area contributed by atoms with E-state index in [0.717, 1.165) is 25.4 Å². The Hall–Kier alpha value is -2.32. The maximum atomic E-state index is 14.2. The van der Waals surface area contributed by atoms with E-state index in [1.807, 2.05) is 0 Å². The Balaban J connectivity index is 1.61. The van der Waals surface area contributed by atoms with E-state index in [1.54, 1.807) is 0 Å². The summed E-state index contributed by atoms with van der Waals surface area (Å²) in [4.78, 5) is 20.2. The lowest BCUT2D eigenvalue weighted by Gasteiger charge is -2.26. The van der Waals surface area contributed by atoms with Gasteiger partial charge in [0.15, 0.2) is 0 Å². The molecule has 1 aliphatic carbocycles. The monoisotopic (exact) mass is 409 g/mol. The van der Waals surface area contributed by atoms with Gasteiger partial charge in [-0.25, -0.2) is 9.37 Å². The molecule has 2 aromatic rings. The van der Waals surface area contributed by atoms with Crippen LogP contribution < -0.4 is 10.1 Å². The van der Waals surface area contributed by atoms with E-state index in [9.17, 15) is 18.7 Å². The van der Waals surface area contributed by atoms with Gasteiger partial charge >= 0.3 is 5.97 Å². The van der Waals surface area contributed by atoms with Crippen LogP contribution >= 0.6 is 11.6 Å². The van der Waals surface area contributed by atoms with Crippen LogP contribution in [0, 0.1) is 17.0 Å². The SMILES string of the molecule is O=C(O)C1(c2ncc(F)c(OCc3ccc(Cl)cc3F)n2)CC12CCNCC2. The van der Waals surface area contributed by atoms with Crippen LogP contribution in [0.5, 0.6) is 5.88 Å². The van der Waals surface area contributed by atoms with Gasteiger partial charge in [0.05, 0.1) is 6.20 Å². The molecule has 1 saturated carbocycles. The molecule has 1 aromatic carbocycles. The number of nitrogens with one attached hydrogen (secondary N) is 1. The minimum Gasteiger partial charge on any atom is -0.480 e. The Bertz CT molecular complexity index is 937. The number of ether oxygens (including phenoxy) is 1. The fourth-order valence-electron chi connectivity index (χ4n) is 4.13. The van der Waals surface area contributed by atoms with Gasteiger partial charge in [-0.2, -0.15) is 9.37 Å². The first-order valence-corrected chi connectivity index (χ1v) is 9.30. The third-order valence-electron chi connectivity index (χ3n) is 5.78. The zero-order valence-electron chi connectivity index (χ0n) is 14.8. The largest absolute Gasteiger partial charge is 0.480 e. The molecular weight excluding hydrogens is 392 g/mol. The van der Waals surface area contributed by atoms with Crippen LogP contribution in [0.15, 0.2) is 24.4 Å². The van der Waals surface area contributed by atoms with Gasteiger partial charge in [0.25, 0.3) is 5.88 Å². The molecule has 1 unspecified atom stereocenters. The molecule has 2 fully saturated rings. The molecule has 1 saturated heterocycles. The van der Waals surface area contributed by atoms with Crippen LogP contribution in [-0.2, 0) is 16.8 Å². The highest BCUT2D eigenvalue weighted by atomic mass is 35.5. The number of piperidine rings is 1. The quantitative estimate of drug-likeness (QED) is 0.789. The molecule has 28 heavy (non-hydrogen) atoms. The summed E-state index contributed by atoms with van der Waals surface area (Å²) in [5, 5.41) is 13.4. The Labute approximate surface area is 164 Å². The average molecular weight is 410 g/mol. The smallest absolute Gasteiger partial charge is 0.318 e. The van der Waals surface area contributed by atoms with Crippen LogP contribution in [0.1, 0.15) is 30.7 Å². The highest BCUT2D eigenvalue weighted by molar-refractivity contribution is 6.30. The van der Waals surface area contributed by atoms with Gasteiger partial charge in [0, 0.05) is 10.6 Å². The lowest BCUT2D eigenvalue weighted by molar-refractivity contribution is -0.141. The van der Waals surface area contributed by atoms with E-state index in [2.05, 4.69) is 15.3 Å². The molecule has 9 heteroatoms. The Kier molecular flexibility index (Phi) is 4.71. The van der Waals surface area contributed by atoms with E-state index in [-0.39, 0.29) is 23.0 Å². The summed E-state index contributed by atoms with van der Waals surface area (Å²) >= 11 is 5.72. The highest BCUT2D eigenvalue weighted by Crippen LogP contribution is 2.68. The number of benzene rings is 1. The van der Waals surface area contributed by atoms with Gasteiger partial charge in [-0.15, -0.1) is 0 Å². The van der Waals surface area contributed by atoms with Crippen LogP contribution in [0.3, 0.4) is 0 Å². The number of hydrogen-bond acceptors (Lipinski definition) is 5. The lowest BCUT2D eigenvalue weighted by atomic mass is 9.84. The van der Waals surface area contributed by atoms with Crippen LogP contribution in [0.25, 0.3) is 0 Å². The molecule has 0 radical (unpaired) electrons. The zero-order valence-corrected chi connectivity index (χ0v) is 15.6. The fourth-order valence-corrected chi connectivity index (χ4v) is 4.29. The first-order valence-electron chi connectivity index (χ1n) is 8.92. The summed E-state index contributed by atoms with van der Waals surface area (Å²) in [6.07, 6.45) is 2.69.